The van der Waals surface area contributed by atoms with E-state index >= 15 is 0 Å². The maximum atomic E-state index is 11.3. The Labute approximate surface area is 90.9 Å². The molecule has 0 saturated heterocycles. The number of rotatable bonds is 0. The molecule has 16 heavy (non-hydrogen) atoms. The van der Waals surface area contributed by atoms with Gasteiger partial charge in [0.2, 0.25) is 0 Å². The van der Waals surface area contributed by atoms with E-state index in [1.54, 1.807) is 0 Å². The van der Waals surface area contributed by atoms with Crippen molar-refractivity contribution >= 4 is 16.7 Å². The molecular formula is C11H11N3O2. The molecule has 0 unspecified atom stereocenters. The maximum Gasteiger partial charge on any atom is 0.290 e. The van der Waals surface area contributed by atoms with Crippen molar-refractivity contribution in [3.05, 3.63) is 27.7 Å². The minimum absolute atomic E-state index is 0.322. The normalized spacial score (nSPS) is 14.2. The number of hydrogen-bond donors (Lipinski definition) is 3. The highest BCUT2D eigenvalue weighted by Gasteiger charge is 2.18. The Morgan fingerprint density at radius 2 is 2.25 bits per heavy atom. The number of aryl methyl sites for hydroxylation is 1. The van der Waals surface area contributed by atoms with Gasteiger partial charge in [-0.3, -0.25) is 9.78 Å². The zero-order valence-corrected chi connectivity index (χ0v) is 8.58. The van der Waals surface area contributed by atoms with Crippen molar-refractivity contribution in [3.8, 4) is 5.75 Å². The number of H-pyrrole nitrogens is 1. The van der Waals surface area contributed by atoms with Crippen LogP contribution in [0.1, 0.15) is 17.7 Å². The number of nitrogen functional groups attached to an aromatic ring is 1. The van der Waals surface area contributed by atoms with E-state index in [-0.39, 0.29) is 5.75 Å². The molecule has 2 heterocycles. The van der Waals surface area contributed by atoms with E-state index in [2.05, 4.69) is 9.97 Å². The summed E-state index contributed by atoms with van der Waals surface area (Å²) in [4.78, 5) is 18.3. The third kappa shape index (κ3) is 1.11. The smallest absolute Gasteiger partial charge is 0.290 e. The summed E-state index contributed by atoms with van der Waals surface area (Å²) < 4.78 is 0. The molecule has 5 nitrogen and oxygen atoms in total. The number of anilines is 1. The number of pyridine rings is 2. The minimum atomic E-state index is -0.529. The zero-order chi connectivity index (χ0) is 11.3. The van der Waals surface area contributed by atoms with Gasteiger partial charge in [0, 0.05) is 11.8 Å². The SMILES string of the molecule is Nc1c2c(nc3cc(O)c(=O)[nH]c13)CCC2. The van der Waals surface area contributed by atoms with Crippen molar-refractivity contribution < 1.29 is 5.11 Å². The van der Waals surface area contributed by atoms with Crippen molar-refractivity contribution in [2.75, 3.05) is 5.73 Å². The zero-order valence-electron chi connectivity index (χ0n) is 8.58. The van der Waals surface area contributed by atoms with E-state index in [1.165, 1.54) is 6.07 Å². The quantitative estimate of drug-likeness (QED) is 0.605. The number of aromatic hydroxyl groups is 1. The monoisotopic (exact) mass is 217 g/mol. The first-order valence-corrected chi connectivity index (χ1v) is 5.20. The molecule has 0 saturated carbocycles. The largest absolute Gasteiger partial charge is 0.503 e. The first-order valence-electron chi connectivity index (χ1n) is 5.20. The second kappa shape index (κ2) is 2.98. The number of aromatic amines is 1. The number of aromatic nitrogens is 2. The molecule has 0 radical (unpaired) electrons. The molecule has 4 N–H and O–H groups in total. The lowest BCUT2D eigenvalue weighted by Gasteiger charge is -2.07. The van der Waals surface area contributed by atoms with Crippen LogP contribution in [0.4, 0.5) is 5.69 Å². The summed E-state index contributed by atoms with van der Waals surface area (Å²) >= 11 is 0. The molecule has 1 aliphatic rings. The van der Waals surface area contributed by atoms with Crippen molar-refractivity contribution in [2.45, 2.75) is 19.3 Å². The van der Waals surface area contributed by atoms with Gasteiger partial charge in [-0.2, -0.15) is 0 Å². The second-order valence-corrected chi connectivity index (χ2v) is 4.05. The van der Waals surface area contributed by atoms with Crippen LogP contribution in [0.3, 0.4) is 0 Å². The third-order valence-corrected chi connectivity index (χ3v) is 3.04. The van der Waals surface area contributed by atoms with Gasteiger partial charge >= 0.3 is 0 Å². The summed E-state index contributed by atoms with van der Waals surface area (Å²) in [5.41, 5.74) is 9.16. The number of nitrogens with two attached hydrogens (primary N) is 1. The third-order valence-electron chi connectivity index (χ3n) is 3.04. The van der Waals surface area contributed by atoms with E-state index in [9.17, 15) is 9.90 Å². The van der Waals surface area contributed by atoms with Crippen LogP contribution in [-0.4, -0.2) is 15.1 Å². The van der Waals surface area contributed by atoms with Gasteiger partial charge in [0.05, 0.1) is 16.7 Å². The number of nitrogens with one attached hydrogen (secondary N) is 1. The molecule has 0 aliphatic heterocycles. The standard InChI is InChI=1S/C11H11N3O2/c12-9-5-2-1-3-6(5)13-7-4-8(15)11(16)14-10(7)9/h4,15H,1-3H2,(H2,12,13)(H,14,16). The molecule has 3 rings (SSSR count). The van der Waals surface area contributed by atoms with Crippen molar-refractivity contribution in [2.24, 2.45) is 0 Å². The van der Waals surface area contributed by atoms with Gasteiger partial charge in [-0.1, -0.05) is 0 Å². The predicted octanol–water partition coefficient (Wildman–Crippen LogP) is 0.700. The Balaban J connectivity index is 2.46. The van der Waals surface area contributed by atoms with Crippen LogP contribution in [-0.2, 0) is 12.8 Å². The lowest BCUT2D eigenvalue weighted by molar-refractivity contribution is 0.468. The first-order chi connectivity index (χ1) is 7.66. The fourth-order valence-electron chi connectivity index (χ4n) is 2.24. The molecule has 0 aromatic carbocycles. The minimum Gasteiger partial charge on any atom is -0.503 e. The molecule has 0 atom stereocenters. The van der Waals surface area contributed by atoms with Gasteiger partial charge in [0.1, 0.15) is 0 Å². The molecule has 0 spiro atoms. The molecule has 2 aromatic heterocycles. The summed E-state index contributed by atoms with van der Waals surface area (Å²) in [6, 6.07) is 1.36. The molecule has 0 amide bonds. The van der Waals surface area contributed by atoms with Crippen LogP contribution in [0, 0.1) is 0 Å². The number of fused-ring (bicyclic) bond motifs is 2. The van der Waals surface area contributed by atoms with E-state index in [4.69, 9.17) is 5.73 Å². The summed E-state index contributed by atoms with van der Waals surface area (Å²) in [5, 5.41) is 9.33. The van der Waals surface area contributed by atoms with Gasteiger partial charge in [-0.25, -0.2) is 0 Å². The Hall–Kier alpha value is -2.04. The van der Waals surface area contributed by atoms with Gasteiger partial charge in [-0.15, -0.1) is 0 Å². The van der Waals surface area contributed by atoms with Crippen LogP contribution in [0.2, 0.25) is 0 Å². The fourth-order valence-corrected chi connectivity index (χ4v) is 2.24. The molecular weight excluding hydrogens is 206 g/mol. The average molecular weight is 217 g/mol. The van der Waals surface area contributed by atoms with Gasteiger partial charge in [-0.05, 0) is 24.8 Å². The summed E-state index contributed by atoms with van der Waals surface area (Å²) in [6.45, 7) is 0. The Morgan fingerprint density at radius 1 is 1.44 bits per heavy atom. The highest BCUT2D eigenvalue weighted by molar-refractivity contribution is 5.89. The van der Waals surface area contributed by atoms with Crippen molar-refractivity contribution in [3.63, 3.8) is 0 Å². The van der Waals surface area contributed by atoms with E-state index in [1.807, 2.05) is 0 Å². The van der Waals surface area contributed by atoms with Crippen LogP contribution >= 0.6 is 0 Å². The average Bonchev–Trinajstić information content (AvgIpc) is 2.70. The van der Waals surface area contributed by atoms with E-state index in [0.717, 1.165) is 30.5 Å². The van der Waals surface area contributed by atoms with Crippen molar-refractivity contribution in [1.29, 1.82) is 0 Å². The molecule has 0 fully saturated rings. The topological polar surface area (TPSA) is 92.0 Å². The Bertz CT molecular complexity index is 646. The van der Waals surface area contributed by atoms with E-state index in [0.29, 0.717) is 16.7 Å². The highest BCUT2D eigenvalue weighted by atomic mass is 16.3. The van der Waals surface area contributed by atoms with Gasteiger partial charge in [0.25, 0.3) is 5.56 Å². The van der Waals surface area contributed by atoms with Crippen LogP contribution < -0.4 is 11.3 Å². The Morgan fingerprint density at radius 3 is 3.06 bits per heavy atom. The lowest BCUT2D eigenvalue weighted by atomic mass is 10.1. The number of nitrogens with zero attached hydrogens (tertiary/aromatic N) is 1. The van der Waals surface area contributed by atoms with Crippen LogP contribution in [0.5, 0.6) is 5.75 Å². The fraction of sp³-hybridized carbons (Fsp3) is 0.273. The lowest BCUT2D eigenvalue weighted by Crippen LogP contribution is -2.08. The summed E-state index contributed by atoms with van der Waals surface area (Å²) in [5.74, 6) is -0.322. The van der Waals surface area contributed by atoms with Crippen LogP contribution in [0.15, 0.2) is 10.9 Å². The molecule has 0 bridgehead atoms. The second-order valence-electron chi connectivity index (χ2n) is 4.05. The van der Waals surface area contributed by atoms with Crippen molar-refractivity contribution in [1.82, 2.24) is 9.97 Å². The van der Waals surface area contributed by atoms with E-state index < -0.39 is 5.56 Å². The molecule has 82 valence electrons. The molecule has 1 aliphatic carbocycles. The van der Waals surface area contributed by atoms with Crippen LogP contribution in [0.25, 0.3) is 11.0 Å². The molecule has 5 heteroatoms. The summed E-state index contributed by atoms with van der Waals surface area (Å²) in [7, 11) is 0. The number of hydrogen-bond acceptors (Lipinski definition) is 4. The Kier molecular flexibility index (Phi) is 1.71. The van der Waals surface area contributed by atoms with Gasteiger partial charge < -0.3 is 15.8 Å². The highest BCUT2D eigenvalue weighted by Crippen LogP contribution is 2.30. The first kappa shape index (κ1) is 9.21. The molecule has 2 aromatic rings. The predicted molar refractivity (Wildman–Crippen MR) is 60.5 cm³/mol. The van der Waals surface area contributed by atoms with Gasteiger partial charge in [0.15, 0.2) is 5.75 Å². The summed E-state index contributed by atoms with van der Waals surface area (Å²) in [6.07, 6.45) is 2.86. The maximum absolute atomic E-state index is 11.3.